The van der Waals surface area contributed by atoms with Gasteiger partial charge in [0.2, 0.25) is 0 Å². The van der Waals surface area contributed by atoms with Gasteiger partial charge in [0.15, 0.2) is 5.96 Å². The number of hydrogen-bond donors (Lipinski definition) is 2. The SMILES string of the molecule is CCc1nncn1CCNC(=NC)NCCSc1ccc(Cl)cc1. The molecule has 24 heavy (non-hydrogen) atoms. The molecule has 0 aliphatic carbocycles. The highest BCUT2D eigenvalue weighted by molar-refractivity contribution is 7.99. The number of nitrogens with one attached hydrogen (secondary N) is 2. The molecule has 1 aromatic carbocycles. The summed E-state index contributed by atoms with van der Waals surface area (Å²) in [6.07, 6.45) is 2.65. The normalized spacial score (nSPS) is 11.5. The second-order valence-electron chi connectivity index (χ2n) is 5.02. The van der Waals surface area contributed by atoms with E-state index in [9.17, 15) is 0 Å². The first-order valence-corrected chi connectivity index (χ1v) is 9.29. The summed E-state index contributed by atoms with van der Waals surface area (Å²) in [5.74, 6) is 2.75. The van der Waals surface area contributed by atoms with Crippen LogP contribution < -0.4 is 10.6 Å². The van der Waals surface area contributed by atoms with Crippen molar-refractivity contribution in [1.29, 1.82) is 0 Å². The van der Waals surface area contributed by atoms with Crippen LogP contribution >= 0.6 is 23.4 Å². The minimum atomic E-state index is 0.765. The van der Waals surface area contributed by atoms with Crippen molar-refractivity contribution in [2.24, 2.45) is 4.99 Å². The zero-order valence-electron chi connectivity index (χ0n) is 14.0. The fourth-order valence-electron chi connectivity index (χ4n) is 2.12. The van der Waals surface area contributed by atoms with Crippen LogP contribution in [0.3, 0.4) is 0 Å². The quantitative estimate of drug-likeness (QED) is 0.325. The van der Waals surface area contributed by atoms with E-state index in [1.54, 1.807) is 25.1 Å². The molecule has 0 saturated carbocycles. The van der Waals surface area contributed by atoms with Gasteiger partial charge in [0.25, 0.3) is 0 Å². The van der Waals surface area contributed by atoms with Gasteiger partial charge in [-0.25, -0.2) is 0 Å². The molecule has 0 bridgehead atoms. The van der Waals surface area contributed by atoms with Crippen LogP contribution in [-0.2, 0) is 13.0 Å². The standard InChI is InChI=1S/C16H23ClN6S/c1-3-15-22-21-12-23(15)10-8-19-16(18-2)20-9-11-24-14-6-4-13(17)5-7-14/h4-7,12H,3,8-11H2,1-2H3,(H2,18,19,20). The molecule has 1 aromatic heterocycles. The molecule has 0 amide bonds. The Labute approximate surface area is 152 Å². The average Bonchev–Trinajstić information content (AvgIpc) is 3.06. The summed E-state index contributed by atoms with van der Waals surface area (Å²) in [4.78, 5) is 5.44. The van der Waals surface area contributed by atoms with E-state index in [1.165, 1.54) is 4.90 Å². The van der Waals surface area contributed by atoms with Crippen molar-refractivity contribution in [2.75, 3.05) is 25.9 Å². The van der Waals surface area contributed by atoms with E-state index in [1.807, 2.05) is 24.3 Å². The van der Waals surface area contributed by atoms with Crippen LogP contribution in [-0.4, -0.2) is 46.6 Å². The Morgan fingerprint density at radius 3 is 2.71 bits per heavy atom. The van der Waals surface area contributed by atoms with Crippen molar-refractivity contribution in [2.45, 2.75) is 24.8 Å². The molecule has 2 rings (SSSR count). The van der Waals surface area contributed by atoms with Crippen molar-refractivity contribution < 1.29 is 0 Å². The minimum absolute atomic E-state index is 0.765. The van der Waals surface area contributed by atoms with Gasteiger partial charge in [-0.2, -0.15) is 0 Å². The van der Waals surface area contributed by atoms with Crippen LogP contribution in [0.15, 0.2) is 40.5 Å². The second-order valence-corrected chi connectivity index (χ2v) is 6.63. The molecule has 0 aliphatic heterocycles. The highest BCUT2D eigenvalue weighted by Crippen LogP contribution is 2.19. The third kappa shape index (κ3) is 6.05. The van der Waals surface area contributed by atoms with E-state index in [2.05, 4.69) is 37.3 Å². The van der Waals surface area contributed by atoms with Gasteiger partial charge >= 0.3 is 0 Å². The van der Waals surface area contributed by atoms with Crippen LogP contribution in [0.5, 0.6) is 0 Å². The number of aliphatic imine (C=N–C) groups is 1. The number of rotatable bonds is 8. The van der Waals surface area contributed by atoms with Gasteiger partial charge in [0.1, 0.15) is 12.2 Å². The lowest BCUT2D eigenvalue weighted by Crippen LogP contribution is -2.39. The van der Waals surface area contributed by atoms with Crippen LogP contribution in [0.4, 0.5) is 0 Å². The summed E-state index contributed by atoms with van der Waals surface area (Å²) in [6, 6.07) is 7.88. The molecule has 0 aliphatic rings. The molecule has 0 atom stereocenters. The molecule has 2 N–H and O–H groups in total. The first kappa shape index (κ1) is 18.6. The molecule has 0 spiro atoms. The van der Waals surface area contributed by atoms with E-state index >= 15 is 0 Å². The summed E-state index contributed by atoms with van der Waals surface area (Å²) in [6.45, 7) is 4.50. The number of aryl methyl sites for hydroxylation is 1. The molecule has 130 valence electrons. The maximum atomic E-state index is 5.88. The van der Waals surface area contributed by atoms with E-state index in [-0.39, 0.29) is 0 Å². The van der Waals surface area contributed by atoms with Crippen molar-refractivity contribution in [3.63, 3.8) is 0 Å². The summed E-state index contributed by atoms with van der Waals surface area (Å²) >= 11 is 7.67. The van der Waals surface area contributed by atoms with Crippen LogP contribution in [0.2, 0.25) is 5.02 Å². The van der Waals surface area contributed by atoms with Gasteiger partial charge in [-0.15, -0.1) is 22.0 Å². The fraction of sp³-hybridized carbons (Fsp3) is 0.438. The molecule has 2 aromatic rings. The zero-order chi connectivity index (χ0) is 17.2. The summed E-state index contributed by atoms with van der Waals surface area (Å²) in [7, 11) is 1.78. The highest BCUT2D eigenvalue weighted by atomic mass is 35.5. The van der Waals surface area contributed by atoms with Crippen LogP contribution in [0.25, 0.3) is 0 Å². The predicted molar refractivity (Wildman–Crippen MR) is 101 cm³/mol. The Morgan fingerprint density at radius 1 is 1.25 bits per heavy atom. The van der Waals surface area contributed by atoms with E-state index in [0.717, 1.165) is 48.6 Å². The number of thioether (sulfide) groups is 1. The number of halogens is 1. The summed E-state index contributed by atoms with van der Waals surface area (Å²) in [5.41, 5.74) is 0. The van der Waals surface area contributed by atoms with Crippen LogP contribution in [0.1, 0.15) is 12.7 Å². The lowest BCUT2D eigenvalue weighted by atomic mass is 10.4. The number of aromatic nitrogens is 3. The Kier molecular flexibility index (Phi) is 7.91. The lowest BCUT2D eigenvalue weighted by Gasteiger charge is -2.12. The number of benzene rings is 1. The number of guanidine groups is 1. The maximum absolute atomic E-state index is 5.88. The maximum Gasteiger partial charge on any atom is 0.191 e. The van der Waals surface area contributed by atoms with Crippen LogP contribution in [0, 0.1) is 0 Å². The Balaban J connectivity index is 1.64. The van der Waals surface area contributed by atoms with Gasteiger partial charge in [0.05, 0.1) is 0 Å². The molecule has 0 fully saturated rings. The van der Waals surface area contributed by atoms with Gasteiger partial charge < -0.3 is 15.2 Å². The molecule has 6 nitrogen and oxygen atoms in total. The molecule has 0 unspecified atom stereocenters. The van der Waals surface area contributed by atoms with Gasteiger partial charge in [0, 0.05) is 48.8 Å². The average molecular weight is 367 g/mol. The smallest absolute Gasteiger partial charge is 0.191 e. The third-order valence-electron chi connectivity index (χ3n) is 3.36. The second kappa shape index (κ2) is 10.2. The van der Waals surface area contributed by atoms with Gasteiger partial charge in [-0.3, -0.25) is 4.99 Å². The third-order valence-corrected chi connectivity index (χ3v) is 4.62. The van der Waals surface area contributed by atoms with E-state index in [0.29, 0.717) is 0 Å². The lowest BCUT2D eigenvalue weighted by molar-refractivity contribution is 0.634. The Hall–Kier alpha value is -1.73. The van der Waals surface area contributed by atoms with Gasteiger partial charge in [-0.05, 0) is 24.3 Å². The van der Waals surface area contributed by atoms with Crippen molar-refractivity contribution in [3.8, 4) is 0 Å². The monoisotopic (exact) mass is 366 g/mol. The van der Waals surface area contributed by atoms with Gasteiger partial charge in [-0.1, -0.05) is 18.5 Å². The van der Waals surface area contributed by atoms with Crippen molar-refractivity contribution in [3.05, 3.63) is 41.4 Å². The zero-order valence-corrected chi connectivity index (χ0v) is 15.6. The molecule has 1 heterocycles. The molecular formula is C16H23ClN6S. The Morgan fingerprint density at radius 2 is 2.00 bits per heavy atom. The Bertz CT molecular complexity index is 640. The minimum Gasteiger partial charge on any atom is -0.356 e. The molecule has 8 heteroatoms. The molecular weight excluding hydrogens is 344 g/mol. The summed E-state index contributed by atoms with van der Waals surface area (Å²) < 4.78 is 2.05. The topological polar surface area (TPSA) is 67.1 Å². The predicted octanol–water partition coefficient (Wildman–Crippen LogP) is 2.45. The fourth-order valence-corrected chi connectivity index (χ4v) is 3.02. The van der Waals surface area contributed by atoms with E-state index < -0.39 is 0 Å². The number of hydrogen-bond acceptors (Lipinski definition) is 4. The van der Waals surface area contributed by atoms with E-state index in [4.69, 9.17) is 11.6 Å². The van der Waals surface area contributed by atoms with Crippen molar-refractivity contribution >= 4 is 29.3 Å². The van der Waals surface area contributed by atoms with Crippen molar-refractivity contribution in [1.82, 2.24) is 25.4 Å². The highest BCUT2D eigenvalue weighted by Gasteiger charge is 2.02. The first-order chi connectivity index (χ1) is 11.7. The first-order valence-electron chi connectivity index (χ1n) is 7.92. The number of nitrogens with zero attached hydrogens (tertiary/aromatic N) is 4. The summed E-state index contributed by atoms with van der Waals surface area (Å²) in [5, 5.41) is 15.4. The molecule has 0 radical (unpaired) electrons. The largest absolute Gasteiger partial charge is 0.356 e. The molecule has 0 saturated heterocycles.